The van der Waals surface area contributed by atoms with Crippen molar-refractivity contribution in [3.8, 4) is 0 Å². The van der Waals surface area contributed by atoms with Crippen LogP contribution in [0, 0.1) is 5.92 Å². The van der Waals surface area contributed by atoms with Crippen LogP contribution >= 0.6 is 0 Å². The van der Waals surface area contributed by atoms with Crippen molar-refractivity contribution in [1.29, 1.82) is 0 Å². The third-order valence-corrected chi connectivity index (χ3v) is 4.14. The van der Waals surface area contributed by atoms with Crippen LogP contribution < -0.4 is 5.73 Å². The zero-order chi connectivity index (χ0) is 16.1. The molecule has 1 amide bonds. The van der Waals surface area contributed by atoms with Crippen molar-refractivity contribution >= 4 is 11.9 Å². The van der Waals surface area contributed by atoms with Gasteiger partial charge in [-0.15, -0.1) is 0 Å². The zero-order valence-corrected chi connectivity index (χ0v) is 13.7. The van der Waals surface area contributed by atoms with Crippen LogP contribution in [-0.4, -0.2) is 48.9 Å². The fourth-order valence-electron chi connectivity index (χ4n) is 2.52. The second kappa shape index (κ2) is 7.29. The minimum absolute atomic E-state index is 0.0111. The van der Waals surface area contributed by atoms with Gasteiger partial charge in [0.05, 0.1) is 6.54 Å². The van der Waals surface area contributed by atoms with E-state index in [0.717, 1.165) is 24.6 Å². The number of hydrogen-bond donors (Lipinski definition) is 1. The first-order valence-electron chi connectivity index (χ1n) is 7.83. The number of benzene rings is 1. The zero-order valence-electron chi connectivity index (χ0n) is 13.7. The first-order chi connectivity index (χ1) is 10.5. The Morgan fingerprint density at radius 1 is 1.27 bits per heavy atom. The number of rotatable bonds is 3. The summed E-state index contributed by atoms with van der Waals surface area (Å²) in [5.74, 6) is 1.42. The number of amides is 1. The van der Waals surface area contributed by atoms with Crippen molar-refractivity contribution < 1.29 is 4.79 Å². The number of likely N-dealkylation sites (tertiary alicyclic amines) is 1. The molecule has 0 unspecified atom stereocenters. The lowest BCUT2D eigenvalue weighted by Crippen LogP contribution is -2.42. The molecule has 2 rings (SSSR count). The highest BCUT2D eigenvalue weighted by Gasteiger charge is 2.16. The molecular formula is C17H26N4O. The van der Waals surface area contributed by atoms with Crippen LogP contribution in [0.1, 0.15) is 35.7 Å². The maximum Gasteiger partial charge on any atom is 0.253 e. The second-order valence-corrected chi connectivity index (χ2v) is 6.24. The Morgan fingerprint density at radius 3 is 2.41 bits per heavy atom. The fourth-order valence-corrected chi connectivity index (χ4v) is 2.52. The molecule has 0 saturated carbocycles. The first kappa shape index (κ1) is 16.3. The molecule has 1 heterocycles. The summed E-state index contributed by atoms with van der Waals surface area (Å²) in [4.78, 5) is 20.0. The molecule has 1 aliphatic rings. The Bertz CT molecular complexity index is 528. The molecule has 0 aliphatic carbocycles. The fraction of sp³-hybridized carbons (Fsp3) is 0.529. The maximum absolute atomic E-state index is 11.8. The van der Waals surface area contributed by atoms with Crippen molar-refractivity contribution in [3.63, 3.8) is 0 Å². The lowest BCUT2D eigenvalue weighted by Gasteiger charge is -2.31. The van der Waals surface area contributed by atoms with Gasteiger partial charge in [0.15, 0.2) is 5.96 Å². The molecule has 0 bridgehead atoms. The minimum Gasteiger partial charge on any atom is -0.370 e. The normalized spacial score (nSPS) is 16.7. The highest BCUT2D eigenvalue weighted by atomic mass is 16.2. The van der Waals surface area contributed by atoms with Crippen LogP contribution in [0.15, 0.2) is 29.3 Å². The monoisotopic (exact) mass is 302 g/mol. The third kappa shape index (κ3) is 4.23. The third-order valence-electron chi connectivity index (χ3n) is 4.14. The van der Waals surface area contributed by atoms with Gasteiger partial charge in [0.25, 0.3) is 5.91 Å². The summed E-state index contributed by atoms with van der Waals surface area (Å²) in [7, 11) is 3.50. The van der Waals surface area contributed by atoms with E-state index in [-0.39, 0.29) is 5.91 Å². The van der Waals surface area contributed by atoms with Crippen LogP contribution in [0.25, 0.3) is 0 Å². The van der Waals surface area contributed by atoms with Gasteiger partial charge in [-0.25, -0.2) is 4.99 Å². The SMILES string of the molecule is CC1CCN(C(N)=NCc2ccc(C(=O)N(C)C)cc2)CC1. The van der Waals surface area contributed by atoms with Crippen LogP contribution in [-0.2, 0) is 6.54 Å². The Morgan fingerprint density at radius 2 is 1.86 bits per heavy atom. The molecule has 0 spiro atoms. The molecule has 5 heteroatoms. The molecule has 1 aliphatic heterocycles. The van der Waals surface area contributed by atoms with E-state index >= 15 is 0 Å². The summed E-state index contributed by atoms with van der Waals surface area (Å²) in [6.45, 7) is 4.81. The van der Waals surface area contributed by atoms with E-state index in [9.17, 15) is 4.79 Å². The quantitative estimate of drug-likeness (QED) is 0.685. The molecule has 0 aromatic heterocycles. The predicted molar refractivity (Wildman–Crippen MR) is 89.8 cm³/mol. The van der Waals surface area contributed by atoms with Crippen molar-refractivity contribution in [2.75, 3.05) is 27.2 Å². The number of aliphatic imine (C=N–C) groups is 1. The summed E-state index contributed by atoms with van der Waals surface area (Å²) < 4.78 is 0. The van der Waals surface area contributed by atoms with Crippen molar-refractivity contribution in [2.24, 2.45) is 16.6 Å². The largest absolute Gasteiger partial charge is 0.370 e. The van der Waals surface area contributed by atoms with Gasteiger partial charge >= 0.3 is 0 Å². The highest BCUT2D eigenvalue weighted by molar-refractivity contribution is 5.93. The van der Waals surface area contributed by atoms with Gasteiger partial charge in [0.2, 0.25) is 0 Å². The Hall–Kier alpha value is -2.04. The Balaban J connectivity index is 1.93. The second-order valence-electron chi connectivity index (χ2n) is 6.24. The van der Waals surface area contributed by atoms with E-state index < -0.39 is 0 Å². The number of guanidine groups is 1. The van der Waals surface area contributed by atoms with Crippen LogP contribution in [0.3, 0.4) is 0 Å². The minimum atomic E-state index is 0.0111. The molecule has 1 aromatic rings. The molecule has 1 fully saturated rings. The average molecular weight is 302 g/mol. The molecule has 5 nitrogen and oxygen atoms in total. The molecule has 0 atom stereocenters. The number of piperidine rings is 1. The number of hydrogen-bond acceptors (Lipinski definition) is 2. The Labute approximate surface area is 132 Å². The van der Waals surface area contributed by atoms with Gasteiger partial charge in [0, 0.05) is 32.7 Å². The lowest BCUT2D eigenvalue weighted by atomic mass is 10.00. The van der Waals surface area contributed by atoms with E-state index in [0.29, 0.717) is 18.1 Å². The topological polar surface area (TPSA) is 61.9 Å². The first-order valence-corrected chi connectivity index (χ1v) is 7.83. The number of carbonyl (C=O) groups is 1. The van der Waals surface area contributed by atoms with Crippen molar-refractivity contribution in [3.05, 3.63) is 35.4 Å². The van der Waals surface area contributed by atoms with Gasteiger partial charge in [-0.05, 0) is 36.5 Å². The van der Waals surface area contributed by atoms with E-state index in [1.807, 2.05) is 24.3 Å². The summed E-state index contributed by atoms with van der Waals surface area (Å²) in [6, 6.07) is 7.55. The molecule has 1 aromatic carbocycles. The van der Waals surface area contributed by atoms with Crippen molar-refractivity contribution in [1.82, 2.24) is 9.80 Å². The van der Waals surface area contributed by atoms with Gasteiger partial charge in [-0.1, -0.05) is 19.1 Å². The molecule has 120 valence electrons. The van der Waals surface area contributed by atoms with Crippen LogP contribution in [0.4, 0.5) is 0 Å². The number of nitrogens with zero attached hydrogens (tertiary/aromatic N) is 3. The van der Waals surface area contributed by atoms with Crippen LogP contribution in [0.5, 0.6) is 0 Å². The Kier molecular flexibility index (Phi) is 5.41. The molecular weight excluding hydrogens is 276 g/mol. The van der Waals surface area contributed by atoms with Crippen molar-refractivity contribution in [2.45, 2.75) is 26.3 Å². The van der Waals surface area contributed by atoms with E-state index in [4.69, 9.17) is 5.73 Å². The number of nitrogens with two attached hydrogens (primary N) is 1. The van der Waals surface area contributed by atoms with E-state index in [1.54, 1.807) is 19.0 Å². The molecule has 1 saturated heterocycles. The predicted octanol–water partition coefficient (Wildman–Crippen LogP) is 1.93. The van der Waals surface area contributed by atoms with Gasteiger partial charge in [0.1, 0.15) is 0 Å². The highest BCUT2D eigenvalue weighted by Crippen LogP contribution is 2.15. The lowest BCUT2D eigenvalue weighted by molar-refractivity contribution is 0.0827. The van der Waals surface area contributed by atoms with E-state index in [2.05, 4.69) is 16.8 Å². The molecule has 0 radical (unpaired) electrons. The molecule has 22 heavy (non-hydrogen) atoms. The number of carbonyl (C=O) groups excluding carboxylic acids is 1. The summed E-state index contributed by atoms with van der Waals surface area (Å²) in [5.41, 5.74) is 7.82. The standard InChI is InChI=1S/C17H26N4O/c1-13-8-10-21(11-9-13)17(18)19-12-14-4-6-15(7-5-14)16(22)20(2)3/h4-7,13H,8-12H2,1-3H3,(H2,18,19). The summed E-state index contributed by atoms with van der Waals surface area (Å²) >= 11 is 0. The maximum atomic E-state index is 11.8. The van der Waals surface area contributed by atoms with Crippen LogP contribution in [0.2, 0.25) is 0 Å². The van der Waals surface area contributed by atoms with Gasteiger partial charge < -0.3 is 15.5 Å². The summed E-state index contributed by atoms with van der Waals surface area (Å²) in [6.07, 6.45) is 2.36. The van der Waals surface area contributed by atoms with E-state index in [1.165, 1.54) is 12.8 Å². The van der Waals surface area contributed by atoms with Gasteiger partial charge in [-0.2, -0.15) is 0 Å². The summed E-state index contributed by atoms with van der Waals surface area (Å²) in [5, 5.41) is 0. The van der Waals surface area contributed by atoms with Gasteiger partial charge in [-0.3, -0.25) is 4.79 Å². The average Bonchev–Trinajstić information content (AvgIpc) is 2.53. The smallest absolute Gasteiger partial charge is 0.253 e. The molecule has 2 N–H and O–H groups in total.